The lowest BCUT2D eigenvalue weighted by molar-refractivity contribution is -0.132. The predicted molar refractivity (Wildman–Crippen MR) is 88.3 cm³/mol. The van der Waals surface area contributed by atoms with E-state index in [4.69, 9.17) is 11.6 Å². The molecule has 1 unspecified atom stereocenters. The third-order valence-corrected chi connectivity index (χ3v) is 4.96. The maximum atomic E-state index is 12.5. The van der Waals surface area contributed by atoms with Crippen LogP contribution in [0.3, 0.4) is 0 Å². The van der Waals surface area contributed by atoms with Gasteiger partial charge in [-0.25, -0.2) is 0 Å². The van der Waals surface area contributed by atoms with Gasteiger partial charge in [-0.15, -0.1) is 0 Å². The van der Waals surface area contributed by atoms with Crippen molar-refractivity contribution in [2.75, 3.05) is 11.4 Å². The van der Waals surface area contributed by atoms with Crippen molar-refractivity contribution in [3.8, 4) is 0 Å². The molecule has 6 heteroatoms. The van der Waals surface area contributed by atoms with Crippen LogP contribution in [0.15, 0.2) is 24.3 Å². The maximum absolute atomic E-state index is 12.5. The minimum Gasteiger partial charge on any atom is -0.393 e. The van der Waals surface area contributed by atoms with Crippen molar-refractivity contribution in [3.63, 3.8) is 0 Å². The largest absolute Gasteiger partial charge is 0.393 e. The molecule has 0 spiro atoms. The number of aliphatic hydroxyl groups is 1. The molecule has 1 aliphatic heterocycles. The first-order chi connectivity index (χ1) is 11.0. The lowest BCUT2D eigenvalue weighted by Gasteiger charge is -2.27. The molecule has 5 nitrogen and oxygen atoms in total. The van der Waals surface area contributed by atoms with Crippen molar-refractivity contribution in [2.45, 2.75) is 44.2 Å². The summed E-state index contributed by atoms with van der Waals surface area (Å²) in [5.41, 5.74) is 0.774. The van der Waals surface area contributed by atoms with E-state index in [-0.39, 0.29) is 24.0 Å². The van der Waals surface area contributed by atoms with Gasteiger partial charge in [0.2, 0.25) is 11.8 Å². The second-order valence-electron chi connectivity index (χ2n) is 6.32. The Hall–Kier alpha value is -1.59. The summed E-state index contributed by atoms with van der Waals surface area (Å²) in [6.07, 6.45) is 3.24. The first-order valence-corrected chi connectivity index (χ1v) is 8.48. The summed E-state index contributed by atoms with van der Waals surface area (Å²) in [5.74, 6) is -0.953. The zero-order valence-electron chi connectivity index (χ0n) is 12.9. The third kappa shape index (κ3) is 3.67. The molecule has 1 saturated carbocycles. The molecule has 1 saturated heterocycles. The van der Waals surface area contributed by atoms with Gasteiger partial charge in [0, 0.05) is 23.3 Å². The number of anilines is 1. The Morgan fingerprint density at radius 1 is 1.13 bits per heavy atom. The highest BCUT2D eigenvalue weighted by Gasteiger charge is 2.38. The van der Waals surface area contributed by atoms with Gasteiger partial charge in [-0.2, -0.15) is 0 Å². The summed E-state index contributed by atoms with van der Waals surface area (Å²) in [4.78, 5) is 26.6. The van der Waals surface area contributed by atoms with E-state index in [2.05, 4.69) is 5.32 Å². The van der Waals surface area contributed by atoms with Crippen LogP contribution in [0.2, 0.25) is 5.02 Å². The number of carbonyl (C=O) groups excluding carboxylic acids is 2. The summed E-state index contributed by atoms with van der Waals surface area (Å²) in [6, 6.07) is 7.14. The minimum atomic E-state index is -0.613. The summed E-state index contributed by atoms with van der Waals surface area (Å²) >= 11 is 5.87. The average molecular weight is 337 g/mol. The molecule has 124 valence electrons. The number of halogens is 1. The van der Waals surface area contributed by atoms with Crippen molar-refractivity contribution >= 4 is 29.1 Å². The highest BCUT2D eigenvalue weighted by Crippen LogP contribution is 2.27. The van der Waals surface area contributed by atoms with E-state index in [0.717, 1.165) is 18.5 Å². The topological polar surface area (TPSA) is 69.6 Å². The van der Waals surface area contributed by atoms with Crippen LogP contribution in [0.25, 0.3) is 0 Å². The molecule has 3 rings (SSSR count). The number of hydrogen-bond donors (Lipinski definition) is 2. The van der Waals surface area contributed by atoms with E-state index in [1.165, 1.54) is 0 Å². The van der Waals surface area contributed by atoms with Gasteiger partial charge in [0.15, 0.2) is 0 Å². The summed E-state index contributed by atoms with van der Waals surface area (Å²) in [7, 11) is 0. The van der Waals surface area contributed by atoms with E-state index < -0.39 is 5.92 Å². The Morgan fingerprint density at radius 3 is 2.43 bits per heavy atom. The number of rotatable bonds is 3. The number of nitrogens with one attached hydrogen (secondary N) is 1. The quantitative estimate of drug-likeness (QED) is 0.831. The van der Waals surface area contributed by atoms with Crippen LogP contribution in [-0.2, 0) is 9.59 Å². The fraction of sp³-hybridized carbons (Fsp3) is 0.529. The average Bonchev–Trinajstić information content (AvgIpc) is 2.92. The minimum absolute atomic E-state index is 0.0725. The van der Waals surface area contributed by atoms with Crippen LogP contribution in [0.4, 0.5) is 5.69 Å². The lowest BCUT2D eigenvalue weighted by atomic mass is 9.92. The number of carbonyl (C=O) groups is 2. The molecule has 1 atom stereocenters. The second-order valence-corrected chi connectivity index (χ2v) is 6.76. The second kappa shape index (κ2) is 6.89. The van der Waals surface area contributed by atoms with Crippen LogP contribution >= 0.6 is 11.6 Å². The number of aliphatic hydroxyl groups excluding tert-OH is 1. The fourth-order valence-electron chi connectivity index (χ4n) is 3.32. The van der Waals surface area contributed by atoms with Gasteiger partial charge in [0.25, 0.3) is 0 Å². The van der Waals surface area contributed by atoms with Crippen LogP contribution in [0.1, 0.15) is 32.1 Å². The normalized spacial score (nSPS) is 28.0. The molecule has 0 radical (unpaired) electrons. The van der Waals surface area contributed by atoms with Gasteiger partial charge < -0.3 is 15.3 Å². The van der Waals surface area contributed by atoms with Crippen molar-refractivity contribution in [1.29, 1.82) is 0 Å². The summed E-state index contributed by atoms with van der Waals surface area (Å²) < 4.78 is 0. The molecular weight excluding hydrogens is 316 g/mol. The number of hydrogen-bond acceptors (Lipinski definition) is 3. The van der Waals surface area contributed by atoms with Gasteiger partial charge in [-0.05, 0) is 56.4 Å². The van der Waals surface area contributed by atoms with Crippen molar-refractivity contribution in [2.24, 2.45) is 5.92 Å². The maximum Gasteiger partial charge on any atom is 0.239 e. The Bertz CT molecular complexity index is 582. The zero-order chi connectivity index (χ0) is 16.4. The highest BCUT2D eigenvalue weighted by atomic mass is 35.5. The number of amides is 2. The van der Waals surface area contributed by atoms with Crippen LogP contribution in [0, 0.1) is 5.92 Å². The van der Waals surface area contributed by atoms with Crippen molar-refractivity contribution in [3.05, 3.63) is 29.3 Å². The third-order valence-electron chi connectivity index (χ3n) is 4.70. The molecule has 23 heavy (non-hydrogen) atoms. The fourth-order valence-corrected chi connectivity index (χ4v) is 3.45. The molecule has 2 fully saturated rings. The molecule has 0 bridgehead atoms. The van der Waals surface area contributed by atoms with E-state index in [0.29, 0.717) is 30.8 Å². The molecule has 2 amide bonds. The molecule has 1 aromatic rings. The van der Waals surface area contributed by atoms with Gasteiger partial charge in [0.05, 0.1) is 6.10 Å². The SMILES string of the molecule is O=C(NC1CCC(O)CC1)C1CCN(c2ccc(Cl)cc2)C1=O. The van der Waals surface area contributed by atoms with Gasteiger partial charge in [-0.3, -0.25) is 9.59 Å². The van der Waals surface area contributed by atoms with Gasteiger partial charge in [-0.1, -0.05) is 11.6 Å². The van der Waals surface area contributed by atoms with Gasteiger partial charge in [0.1, 0.15) is 5.92 Å². The molecular formula is C17H21ClN2O3. The molecule has 1 aromatic carbocycles. The Morgan fingerprint density at radius 2 is 1.78 bits per heavy atom. The van der Waals surface area contributed by atoms with E-state index in [1.54, 1.807) is 29.2 Å². The van der Waals surface area contributed by atoms with E-state index in [9.17, 15) is 14.7 Å². The zero-order valence-corrected chi connectivity index (χ0v) is 13.6. The Labute approximate surface area is 140 Å². The highest BCUT2D eigenvalue weighted by molar-refractivity contribution is 6.30. The molecule has 2 N–H and O–H groups in total. The van der Waals surface area contributed by atoms with Crippen LogP contribution < -0.4 is 10.2 Å². The summed E-state index contributed by atoms with van der Waals surface area (Å²) in [5, 5.41) is 13.1. The molecule has 2 aliphatic rings. The standard InChI is InChI=1S/C17H21ClN2O3/c18-11-1-5-13(6-2-11)20-10-9-15(17(20)23)16(22)19-12-3-7-14(21)8-4-12/h1-2,5-6,12,14-15,21H,3-4,7-10H2,(H,19,22). The Kier molecular flexibility index (Phi) is 4.87. The van der Waals surface area contributed by atoms with Crippen molar-refractivity contribution < 1.29 is 14.7 Å². The van der Waals surface area contributed by atoms with Crippen molar-refractivity contribution in [1.82, 2.24) is 5.32 Å². The van der Waals surface area contributed by atoms with E-state index >= 15 is 0 Å². The molecule has 1 aliphatic carbocycles. The number of benzene rings is 1. The van der Waals surface area contributed by atoms with Gasteiger partial charge >= 0.3 is 0 Å². The first-order valence-electron chi connectivity index (χ1n) is 8.10. The molecule has 1 heterocycles. The lowest BCUT2D eigenvalue weighted by Crippen LogP contribution is -2.43. The van der Waals surface area contributed by atoms with E-state index in [1.807, 2.05) is 0 Å². The number of nitrogens with zero attached hydrogens (tertiary/aromatic N) is 1. The summed E-state index contributed by atoms with van der Waals surface area (Å²) in [6.45, 7) is 0.544. The smallest absolute Gasteiger partial charge is 0.239 e. The predicted octanol–water partition coefficient (Wildman–Crippen LogP) is 2.11. The molecule has 0 aromatic heterocycles. The Balaban J connectivity index is 1.60. The van der Waals surface area contributed by atoms with Crippen LogP contribution in [-0.4, -0.2) is 35.6 Å². The monoisotopic (exact) mass is 336 g/mol. The van der Waals surface area contributed by atoms with Crippen LogP contribution in [0.5, 0.6) is 0 Å². The first kappa shape index (κ1) is 16.3.